The van der Waals surface area contributed by atoms with Crippen LogP contribution in [0.25, 0.3) is 0 Å². The summed E-state index contributed by atoms with van der Waals surface area (Å²) in [4.78, 5) is 8.02. The van der Waals surface area contributed by atoms with E-state index in [2.05, 4.69) is 15.3 Å². The summed E-state index contributed by atoms with van der Waals surface area (Å²) in [5.74, 6) is 1.71. The highest BCUT2D eigenvalue weighted by molar-refractivity contribution is 6.30. The number of nitrogens with zero attached hydrogens (tertiary/aromatic N) is 3. The van der Waals surface area contributed by atoms with Crippen LogP contribution in [0.1, 0.15) is 5.56 Å². The Kier molecular flexibility index (Phi) is 4.86. The highest BCUT2D eigenvalue weighted by atomic mass is 35.5. The van der Waals surface area contributed by atoms with Crippen LogP contribution in [-0.2, 0) is 0 Å². The number of benzene rings is 1. The average molecular weight is 321 g/mol. The van der Waals surface area contributed by atoms with Gasteiger partial charge in [0.2, 0.25) is 11.7 Å². The third-order valence-corrected chi connectivity index (χ3v) is 3.07. The van der Waals surface area contributed by atoms with E-state index in [1.54, 1.807) is 12.1 Å². The summed E-state index contributed by atoms with van der Waals surface area (Å²) in [6.45, 7) is 0. The highest BCUT2D eigenvalue weighted by Gasteiger charge is 2.14. The lowest BCUT2D eigenvalue weighted by molar-refractivity contribution is 0.324. The SMILES string of the molecule is COc1cc(Nc2ncc(C#N)c(Cl)n2)cc(OC)c1OC. The molecule has 1 aromatic carbocycles. The van der Waals surface area contributed by atoms with Crippen LogP contribution in [0.15, 0.2) is 18.3 Å². The molecule has 0 atom stereocenters. The van der Waals surface area contributed by atoms with E-state index in [0.717, 1.165) is 0 Å². The van der Waals surface area contributed by atoms with Crippen molar-refractivity contribution in [3.8, 4) is 23.3 Å². The zero-order valence-corrected chi connectivity index (χ0v) is 12.9. The minimum atomic E-state index is 0.0763. The van der Waals surface area contributed by atoms with Crippen molar-refractivity contribution in [3.63, 3.8) is 0 Å². The third kappa shape index (κ3) is 3.13. The molecule has 0 unspecified atom stereocenters. The van der Waals surface area contributed by atoms with Gasteiger partial charge in [-0.05, 0) is 0 Å². The summed E-state index contributed by atoms with van der Waals surface area (Å²) < 4.78 is 15.8. The zero-order chi connectivity index (χ0) is 16.1. The summed E-state index contributed by atoms with van der Waals surface area (Å²) in [5, 5.41) is 11.9. The number of methoxy groups -OCH3 is 3. The first-order chi connectivity index (χ1) is 10.6. The Morgan fingerprint density at radius 1 is 1.14 bits per heavy atom. The largest absolute Gasteiger partial charge is 0.493 e. The van der Waals surface area contributed by atoms with Crippen molar-refractivity contribution in [2.75, 3.05) is 26.6 Å². The summed E-state index contributed by atoms with van der Waals surface area (Å²) in [5.41, 5.74) is 0.826. The van der Waals surface area contributed by atoms with Crippen molar-refractivity contribution in [1.29, 1.82) is 5.26 Å². The molecule has 1 heterocycles. The van der Waals surface area contributed by atoms with Gasteiger partial charge in [0.1, 0.15) is 11.6 Å². The van der Waals surface area contributed by atoms with E-state index in [1.807, 2.05) is 6.07 Å². The fraction of sp³-hybridized carbons (Fsp3) is 0.214. The van der Waals surface area contributed by atoms with Crippen LogP contribution in [0.2, 0.25) is 5.15 Å². The van der Waals surface area contributed by atoms with Gasteiger partial charge in [-0.25, -0.2) is 4.98 Å². The molecule has 0 aliphatic carbocycles. The second-order valence-corrected chi connectivity index (χ2v) is 4.41. The zero-order valence-electron chi connectivity index (χ0n) is 12.2. The van der Waals surface area contributed by atoms with Crippen molar-refractivity contribution in [2.45, 2.75) is 0 Å². The summed E-state index contributed by atoms with van der Waals surface area (Å²) >= 11 is 5.88. The molecule has 2 aromatic rings. The molecular formula is C14H13ClN4O3. The van der Waals surface area contributed by atoms with Crippen molar-refractivity contribution in [1.82, 2.24) is 9.97 Å². The molecule has 22 heavy (non-hydrogen) atoms. The van der Waals surface area contributed by atoms with E-state index in [-0.39, 0.29) is 16.7 Å². The van der Waals surface area contributed by atoms with Crippen molar-refractivity contribution < 1.29 is 14.2 Å². The van der Waals surface area contributed by atoms with E-state index >= 15 is 0 Å². The lowest BCUT2D eigenvalue weighted by Gasteiger charge is -2.14. The molecule has 0 saturated carbocycles. The molecule has 0 aliphatic heterocycles. The van der Waals surface area contributed by atoms with Gasteiger partial charge in [-0.15, -0.1) is 0 Å². The van der Waals surface area contributed by atoms with E-state index in [1.165, 1.54) is 27.5 Å². The molecule has 0 bridgehead atoms. The van der Waals surface area contributed by atoms with Gasteiger partial charge in [-0.3, -0.25) is 0 Å². The number of hydrogen-bond acceptors (Lipinski definition) is 7. The maximum Gasteiger partial charge on any atom is 0.228 e. The van der Waals surface area contributed by atoms with Gasteiger partial charge in [0.05, 0.1) is 27.5 Å². The van der Waals surface area contributed by atoms with E-state index < -0.39 is 0 Å². The lowest BCUT2D eigenvalue weighted by atomic mass is 10.2. The Bertz CT molecular complexity index is 706. The first-order valence-corrected chi connectivity index (χ1v) is 6.50. The molecule has 0 spiro atoms. The number of nitriles is 1. The topological polar surface area (TPSA) is 89.3 Å². The van der Waals surface area contributed by atoms with Crippen LogP contribution >= 0.6 is 11.6 Å². The monoisotopic (exact) mass is 320 g/mol. The molecular weight excluding hydrogens is 308 g/mol. The smallest absolute Gasteiger partial charge is 0.228 e. The summed E-state index contributed by atoms with van der Waals surface area (Å²) in [7, 11) is 4.57. The van der Waals surface area contributed by atoms with Crippen LogP contribution in [-0.4, -0.2) is 31.3 Å². The number of ether oxygens (including phenoxy) is 3. The Morgan fingerprint density at radius 2 is 1.77 bits per heavy atom. The van der Waals surface area contributed by atoms with Crippen molar-refractivity contribution >= 4 is 23.2 Å². The Morgan fingerprint density at radius 3 is 2.23 bits per heavy atom. The highest BCUT2D eigenvalue weighted by Crippen LogP contribution is 2.40. The summed E-state index contributed by atoms with van der Waals surface area (Å²) in [6, 6.07) is 5.31. The third-order valence-electron chi connectivity index (χ3n) is 2.78. The molecule has 2 rings (SSSR count). The molecule has 1 N–H and O–H groups in total. The van der Waals surface area contributed by atoms with Crippen molar-refractivity contribution in [2.24, 2.45) is 0 Å². The number of hydrogen-bond donors (Lipinski definition) is 1. The van der Waals surface area contributed by atoms with E-state index in [0.29, 0.717) is 22.9 Å². The first-order valence-electron chi connectivity index (χ1n) is 6.12. The molecule has 8 heteroatoms. The molecule has 1 aromatic heterocycles. The quantitative estimate of drug-likeness (QED) is 0.847. The molecule has 0 radical (unpaired) electrons. The van der Waals surface area contributed by atoms with Crippen molar-refractivity contribution in [3.05, 3.63) is 29.0 Å². The molecule has 0 aliphatic rings. The molecule has 0 saturated heterocycles. The minimum Gasteiger partial charge on any atom is -0.493 e. The van der Waals surface area contributed by atoms with Gasteiger partial charge < -0.3 is 19.5 Å². The maximum atomic E-state index is 8.81. The second-order valence-electron chi connectivity index (χ2n) is 4.05. The van der Waals surface area contributed by atoms with Gasteiger partial charge in [-0.1, -0.05) is 11.6 Å². The van der Waals surface area contributed by atoms with Crippen LogP contribution in [0, 0.1) is 11.3 Å². The van der Waals surface area contributed by atoms with Gasteiger partial charge in [0.15, 0.2) is 16.7 Å². The van der Waals surface area contributed by atoms with Crippen LogP contribution in [0.5, 0.6) is 17.2 Å². The van der Waals surface area contributed by atoms with Gasteiger partial charge in [-0.2, -0.15) is 10.2 Å². The normalized spacial score (nSPS) is 9.77. The van der Waals surface area contributed by atoms with Crippen LogP contribution < -0.4 is 19.5 Å². The number of rotatable bonds is 5. The predicted octanol–water partition coefficient (Wildman–Crippen LogP) is 2.77. The van der Waals surface area contributed by atoms with Crippen LogP contribution in [0.3, 0.4) is 0 Å². The number of nitrogens with one attached hydrogen (secondary N) is 1. The fourth-order valence-corrected chi connectivity index (χ4v) is 1.95. The molecule has 0 amide bonds. The van der Waals surface area contributed by atoms with Gasteiger partial charge in [0.25, 0.3) is 0 Å². The molecule has 114 valence electrons. The molecule has 7 nitrogen and oxygen atoms in total. The van der Waals surface area contributed by atoms with Gasteiger partial charge >= 0.3 is 0 Å². The maximum absolute atomic E-state index is 8.81. The van der Waals surface area contributed by atoms with Gasteiger partial charge in [0, 0.05) is 17.8 Å². The second kappa shape index (κ2) is 6.83. The Labute approximate surface area is 132 Å². The Hall–Kier alpha value is -2.72. The number of anilines is 2. The van der Waals surface area contributed by atoms with Crippen LogP contribution in [0.4, 0.5) is 11.6 Å². The van der Waals surface area contributed by atoms with E-state index in [4.69, 9.17) is 31.1 Å². The number of aromatic nitrogens is 2. The molecule has 0 fully saturated rings. The number of halogens is 1. The summed E-state index contributed by atoms with van der Waals surface area (Å²) in [6.07, 6.45) is 1.34. The first kappa shape index (κ1) is 15.7. The fourth-order valence-electron chi connectivity index (χ4n) is 1.78. The Balaban J connectivity index is 2.37. The minimum absolute atomic E-state index is 0.0763. The van der Waals surface area contributed by atoms with E-state index in [9.17, 15) is 0 Å². The predicted molar refractivity (Wildman–Crippen MR) is 81.1 cm³/mol. The standard InChI is InChI=1S/C14H13ClN4O3/c1-20-10-4-9(5-11(21-2)12(10)22-3)18-14-17-7-8(6-16)13(15)19-14/h4-5,7H,1-3H3,(H,17,18,19). The average Bonchev–Trinajstić information content (AvgIpc) is 2.54. The lowest BCUT2D eigenvalue weighted by Crippen LogP contribution is -2.01.